The number of nitrogens with zero attached hydrogens (tertiary/aromatic N) is 2. The van der Waals surface area contributed by atoms with E-state index in [9.17, 15) is 0 Å². The van der Waals surface area contributed by atoms with Crippen molar-refractivity contribution in [3.8, 4) is 0 Å². The Balaban J connectivity index is 4.32. The monoisotopic (exact) mass is 367 g/mol. The minimum Gasteiger partial charge on any atom is -0.303 e. The van der Waals surface area contributed by atoms with Crippen LogP contribution in [0.15, 0.2) is 12.3 Å². The molecule has 0 saturated heterocycles. The first kappa shape index (κ1) is 25.7. The molecule has 1 atom stereocenters. The molecule has 2 heteroatoms. The van der Waals surface area contributed by atoms with Crippen LogP contribution in [0.3, 0.4) is 0 Å². The lowest BCUT2D eigenvalue weighted by molar-refractivity contribution is -0.880. The quantitative estimate of drug-likeness (QED) is 0.239. The topological polar surface area (TPSA) is 3.24 Å². The van der Waals surface area contributed by atoms with Crippen LogP contribution in [0.2, 0.25) is 0 Å². The van der Waals surface area contributed by atoms with Gasteiger partial charge in [-0.25, -0.2) is 0 Å². The summed E-state index contributed by atoms with van der Waals surface area (Å²) in [5, 5.41) is 0. The minimum atomic E-state index is 0.858. The predicted octanol–water partition coefficient (Wildman–Crippen LogP) is 6.87. The van der Waals surface area contributed by atoms with Gasteiger partial charge < -0.3 is 4.90 Å². The van der Waals surface area contributed by atoms with Crippen LogP contribution in [0, 0.1) is 5.92 Å². The highest BCUT2D eigenvalue weighted by Gasteiger charge is 2.22. The maximum absolute atomic E-state index is 2.72. The molecule has 0 aliphatic heterocycles. The van der Waals surface area contributed by atoms with Gasteiger partial charge in [0, 0.05) is 0 Å². The Labute approximate surface area is 166 Å². The molecule has 0 bridgehead atoms. The van der Waals surface area contributed by atoms with Gasteiger partial charge in [0.05, 0.1) is 25.8 Å². The van der Waals surface area contributed by atoms with Crippen LogP contribution in [0.4, 0.5) is 0 Å². The van der Waals surface area contributed by atoms with Gasteiger partial charge in [0.1, 0.15) is 0 Å². The normalized spacial score (nSPS) is 13.8. The molecule has 26 heavy (non-hydrogen) atoms. The summed E-state index contributed by atoms with van der Waals surface area (Å²) in [4.78, 5) is 2.72. The van der Waals surface area contributed by atoms with Gasteiger partial charge in [-0.3, -0.25) is 4.48 Å². The van der Waals surface area contributed by atoms with E-state index in [1.54, 1.807) is 0 Å². The van der Waals surface area contributed by atoms with E-state index in [1.165, 1.54) is 102 Å². The van der Waals surface area contributed by atoms with Crippen LogP contribution in [0.25, 0.3) is 0 Å². The van der Waals surface area contributed by atoms with E-state index in [2.05, 4.69) is 58.7 Å². The highest BCUT2D eigenvalue weighted by Crippen LogP contribution is 2.18. The van der Waals surface area contributed by atoms with Crippen molar-refractivity contribution in [2.45, 2.75) is 99.3 Å². The average molecular weight is 368 g/mol. The van der Waals surface area contributed by atoms with Crippen molar-refractivity contribution in [2.75, 3.05) is 39.3 Å². The molecule has 0 amide bonds. The molecule has 1 unspecified atom stereocenters. The molecular formula is C24H51N2+. The van der Waals surface area contributed by atoms with Crippen molar-refractivity contribution in [1.29, 1.82) is 0 Å². The van der Waals surface area contributed by atoms with Crippen molar-refractivity contribution >= 4 is 0 Å². The molecule has 0 rings (SSSR count). The van der Waals surface area contributed by atoms with Crippen molar-refractivity contribution in [1.82, 2.24) is 4.90 Å². The Morgan fingerprint density at radius 1 is 0.731 bits per heavy atom. The number of quaternary nitrogens is 1. The summed E-state index contributed by atoms with van der Waals surface area (Å²) in [7, 11) is 0. The SMILES string of the molecule is C/C=C/[N+](CCC)(CCC)CCCC(C)CCN(CCCC)CCCC. The van der Waals surface area contributed by atoms with Crippen LogP contribution in [0.1, 0.15) is 99.3 Å². The maximum atomic E-state index is 2.72. The Kier molecular flexibility index (Phi) is 16.6. The Hall–Kier alpha value is -0.340. The third kappa shape index (κ3) is 12.1. The predicted molar refractivity (Wildman–Crippen MR) is 120 cm³/mol. The lowest BCUT2D eigenvalue weighted by Gasteiger charge is -2.35. The van der Waals surface area contributed by atoms with Crippen molar-refractivity contribution < 1.29 is 4.48 Å². The second kappa shape index (κ2) is 16.8. The summed E-state index contributed by atoms with van der Waals surface area (Å²) in [6.45, 7) is 21.8. The number of allylic oxidation sites excluding steroid dienone is 1. The van der Waals surface area contributed by atoms with Crippen molar-refractivity contribution in [3.05, 3.63) is 12.3 Å². The van der Waals surface area contributed by atoms with Crippen molar-refractivity contribution in [3.63, 3.8) is 0 Å². The van der Waals surface area contributed by atoms with Crippen LogP contribution in [-0.2, 0) is 0 Å². The fraction of sp³-hybridized carbons (Fsp3) is 0.917. The summed E-state index contributed by atoms with van der Waals surface area (Å²) in [6, 6.07) is 0. The summed E-state index contributed by atoms with van der Waals surface area (Å²) in [6.07, 6.45) is 16.8. The maximum Gasteiger partial charge on any atom is 0.0915 e. The first-order valence-corrected chi connectivity index (χ1v) is 11.8. The smallest absolute Gasteiger partial charge is 0.0915 e. The number of rotatable bonds is 18. The first-order valence-electron chi connectivity index (χ1n) is 11.8. The third-order valence-corrected chi connectivity index (χ3v) is 5.70. The van der Waals surface area contributed by atoms with E-state index in [0.717, 1.165) is 5.92 Å². The average Bonchev–Trinajstić information content (AvgIpc) is 2.61. The molecular weight excluding hydrogens is 316 g/mol. The number of unbranched alkanes of at least 4 members (excludes halogenated alkanes) is 2. The molecule has 0 aromatic carbocycles. The number of hydrogen-bond acceptors (Lipinski definition) is 1. The van der Waals surface area contributed by atoms with Gasteiger partial charge in [-0.15, -0.1) is 0 Å². The molecule has 0 aliphatic carbocycles. The minimum absolute atomic E-state index is 0.858. The van der Waals surface area contributed by atoms with Gasteiger partial charge in [-0.2, -0.15) is 0 Å². The van der Waals surface area contributed by atoms with Gasteiger partial charge in [0.15, 0.2) is 0 Å². The molecule has 0 heterocycles. The van der Waals surface area contributed by atoms with Gasteiger partial charge in [-0.1, -0.05) is 47.5 Å². The van der Waals surface area contributed by atoms with Crippen LogP contribution in [0.5, 0.6) is 0 Å². The molecule has 0 saturated carbocycles. The van der Waals surface area contributed by atoms with Crippen LogP contribution >= 0.6 is 0 Å². The molecule has 0 radical (unpaired) electrons. The largest absolute Gasteiger partial charge is 0.303 e. The van der Waals surface area contributed by atoms with Gasteiger partial charge in [0.25, 0.3) is 0 Å². The Morgan fingerprint density at radius 2 is 1.31 bits per heavy atom. The van der Waals surface area contributed by atoms with E-state index in [0.29, 0.717) is 0 Å². The van der Waals surface area contributed by atoms with E-state index in [4.69, 9.17) is 0 Å². The second-order valence-corrected chi connectivity index (χ2v) is 8.46. The zero-order valence-corrected chi connectivity index (χ0v) is 19.2. The lowest BCUT2D eigenvalue weighted by Crippen LogP contribution is -2.45. The van der Waals surface area contributed by atoms with Gasteiger partial charge >= 0.3 is 0 Å². The summed E-state index contributed by atoms with van der Waals surface area (Å²) >= 11 is 0. The van der Waals surface area contributed by atoms with Crippen molar-refractivity contribution in [2.24, 2.45) is 5.92 Å². The molecule has 0 fully saturated rings. The number of hydrogen-bond donors (Lipinski definition) is 0. The van der Waals surface area contributed by atoms with E-state index in [-0.39, 0.29) is 0 Å². The van der Waals surface area contributed by atoms with E-state index >= 15 is 0 Å². The standard InChI is InChI=1S/C24H51N2/c1-7-12-17-25(18-13-8-2)19-16-24(6)15-14-23-26(20-9-3,21-10-4)22-11-5/h9,20,24H,7-8,10-19,21-23H2,1-6H3/q+1/b20-9+. The molecule has 156 valence electrons. The molecule has 0 aromatic heterocycles. The summed E-state index contributed by atoms with van der Waals surface area (Å²) in [5.41, 5.74) is 0. The fourth-order valence-corrected chi connectivity index (χ4v) is 4.17. The Morgan fingerprint density at radius 3 is 1.77 bits per heavy atom. The fourth-order valence-electron chi connectivity index (χ4n) is 4.17. The van der Waals surface area contributed by atoms with Gasteiger partial charge in [0.2, 0.25) is 0 Å². The summed E-state index contributed by atoms with van der Waals surface area (Å²) in [5.74, 6) is 0.858. The molecule has 0 aromatic rings. The molecule has 0 aliphatic rings. The summed E-state index contributed by atoms with van der Waals surface area (Å²) < 4.78 is 1.20. The third-order valence-electron chi connectivity index (χ3n) is 5.70. The highest BCUT2D eigenvalue weighted by atomic mass is 15.3. The lowest BCUT2D eigenvalue weighted by atomic mass is 10.0. The van der Waals surface area contributed by atoms with Crippen LogP contribution < -0.4 is 0 Å². The zero-order chi connectivity index (χ0) is 19.7. The van der Waals surface area contributed by atoms with E-state index < -0.39 is 0 Å². The zero-order valence-electron chi connectivity index (χ0n) is 19.2. The second-order valence-electron chi connectivity index (χ2n) is 8.46. The molecule has 0 N–H and O–H groups in total. The van der Waals surface area contributed by atoms with Crippen LogP contribution in [-0.4, -0.2) is 48.7 Å². The molecule has 2 nitrogen and oxygen atoms in total. The highest BCUT2D eigenvalue weighted by molar-refractivity contribution is 4.70. The van der Waals surface area contributed by atoms with E-state index in [1.807, 2.05) is 0 Å². The Bertz CT molecular complexity index is 310. The first-order chi connectivity index (χ1) is 12.6. The molecule has 0 spiro atoms. The van der Waals surface area contributed by atoms with Gasteiger partial charge in [-0.05, 0) is 83.5 Å².